The number of nitrogens with one attached hydrogen (secondary N) is 1. The van der Waals surface area contributed by atoms with E-state index < -0.39 is 0 Å². The Balaban J connectivity index is 1.69. The number of aromatic nitrogens is 7. The molecule has 4 heterocycles. The summed E-state index contributed by atoms with van der Waals surface area (Å²) in [6, 6.07) is 5.71. The molecule has 0 radical (unpaired) electrons. The SMILES string of the molecule is Cc1cnn(CCNc2nc(-c3ccccn3)nc3c2c(C)nn3C)c1. The maximum absolute atomic E-state index is 4.71. The lowest BCUT2D eigenvalue weighted by atomic mass is 10.2. The second-order valence-electron chi connectivity index (χ2n) is 6.23. The minimum atomic E-state index is 0.582. The average molecular weight is 348 g/mol. The summed E-state index contributed by atoms with van der Waals surface area (Å²) in [5, 5.41) is 13.2. The second-order valence-corrected chi connectivity index (χ2v) is 6.23. The molecule has 0 amide bonds. The summed E-state index contributed by atoms with van der Waals surface area (Å²) in [6.07, 6.45) is 5.61. The van der Waals surface area contributed by atoms with Crippen molar-refractivity contribution in [1.82, 2.24) is 34.5 Å². The molecule has 1 N–H and O–H groups in total. The molecular formula is C18H20N8. The average Bonchev–Trinajstić information content (AvgIpc) is 3.18. The van der Waals surface area contributed by atoms with Crippen LogP contribution in [0.25, 0.3) is 22.6 Å². The Morgan fingerprint density at radius 3 is 2.77 bits per heavy atom. The van der Waals surface area contributed by atoms with Crippen LogP contribution in [0.1, 0.15) is 11.3 Å². The van der Waals surface area contributed by atoms with Crippen molar-refractivity contribution in [2.45, 2.75) is 20.4 Å². The summed E-state index contributed by atoms with van der Waals surface area (Å²) < 4.78 is 3.69. The third-order valence-corrected chi connectivity index (χ3v) is 4.15. The molecule has 4 aromatic rings. The third-order valence-electron chi connectivity index (χ3n) is 4.15. The molecule has 0 spiro atoms. The van der Waals surface area contributed by atoms with Crippen LogP contribution in [0.5, 0.6) is 0 Å². The van der Waals surface area contributed by atoms with Crippen LogP contribution in [-0.2, 0) is 13.6 Å². The molecule has 4 rings (SSSR count). The van der Waals surface area contributed by atoms with Crippen molar-refractivity contribution in [3.05, 3.63) is 48.0 Å². The first-order valence-corrected chi connectivity index (χ1v) is 8.47. The Morgan fingerprint density at radius 2 is 2.04 bits per heavy atom. The highest BCUT2D eigenvalue weighted by Crippen LogP contribution is 2.26. The molecule has 0 aliphatic carbocycles. The zero-order valence-electron chi connectivity index (χ0n) is 15.0. The number of aryl methyl sites for hydroxylation is 3. The van der Waals surface area contributed by atoms with E-state index in [-0.39, 0.29) is 0 Å². The van der Waals surface area contributed by atoms with E-state index in [2.05, 4.69) is 25.5 Å². The standard InChI is InChI=1S/C18H20N8/c1-12-10-21-26(11-12)9-8-20-17-15-13(2)24-25(3)18(15)23-16(22-17)14-6-4-5-7-19-14/h4-7,10-11H,8-9H2,1-3H3,(H,20,22,23). The van der Waals surface area contributed by atoms with Gasteiger partial charge in [-0.3, -0.25) is 14.3 Å². The molecule has 0 bridgehead atoms. The monoisotopic (exact) mass is 348 g/mol. The molecule has 0 aromatic carbocycles. The van der Waals surface area contributed by atoms with E-state index >= 15 is 0 Å². The first-order valence-electron chi connectivity index (χ1n) is 8.47. The van der Waals surface area contributed by atoms with Crippen molar-refractivity contribution < 1.29 is 0 Å². The number of hydrogen-bond acceptors (Lipinski definition) is 6. The molecule has 0 fully saturated rings. The molecule has 0 unspecified atom stereocenters. The van der Waals surface area contributed by atoms with E-state index in [1.165, 1.54) is 0 Å². The normalized spacial score (nSPS) is 11.2. The van der Waals surface area contributed by atoms with E-state index in [0.717, 1.165) is 40.3 Å². The molecule has 0 atom stereocenters. The molecule has 0 saturated carbocycles. The van der Waals surface area contributed by atoms with Gasteiger partial charge < -0.3 is 5.32 Å². The van der Waals surface area contributed by atoms with Crippen LogP contribution in [-0.4, -0.2) is 41.1 Å². The topological polar surface area (TPSA) is 86.3 Å². The van der Waals surface area contributed by atoms with Gasteiger partial charge in [-0.25, -0.2) is 9.97 Å². The van der Waals surface area contributed by atoms with Crippen LogP contribution >= 0.6 is 0 Å². The lowest BCUT2D eigenvalue weighted by molar-refractivity contribution is 0.637. The quantitative estimate of drug-likeness (QED) is 0.596. The van der Waals surface area contributed by atoms with Crippen LogP contribution in [0.2, 0.25) is 0 Å². The van der Waals surface area contributed by atoms with Crippen molar-refractivity contribution in [3.63, 3.8) is 0 Å². The maximum atomic E-state index is 4.71. The van der Waals surface area contributed by atoms with E-state index in [4.69, 9.17) is 4.98 Å². The Hall–Kier alpha value is -3.29. The molecule has 26 heavy (non-hydrogen) atoms. The van der Waals surface area contributed by atoms with Gasteiger partial charge >= 0.3 is 0 Å². The van der Waals surface area contributed by atoms with Crippen LogP contribution in [0, 0.1) is 13.8 Å². The van der Waals surface area contributed by atoms with E-state index in [1.54, 1.807) is 10.9 Å². The molecule has 4 aromatic heterocycles. The van der Waals surface area contributed by atoms with Crippen molar-refractivity contribution >= 4 is 16.9 Å². The lowest BCUT2D eigenvalue weighted by Crippen LogP contribution is -2.12. The molecule has 8 heteroatoms. The first kappa shape index (κ1) is 16.2. The van der Waals surface area contributed by atoms with Crippen molar-refractivity contribution in [3.8, 4) is 11.5 Å². The molecule has 0 saturated heterocycles. The van der Waals surface area contributed by atoms with Crippen LogP contribution in [0.4, 0.5) is 5.82 Å². The van der Waals surface area contributed by atoms with Crippen molar-refractivity contribution in [1.29, 1.82) is 0 Å². The highest BCUT2D eigenvalue weighted by molar-refractivity contribution is 5.90. The molecular weight excluding hydrogens is 328 g/mol. The summed E-state index contributed by atoms with van der Waals surface area (Å²) in [5.41, 5.74) is 3.57. The van der Waals surface area contributed by atoms with Gasteiger partial charge in [0.1, 0.15) is 11.5 Å². The molecule has 0 aliphatic heterocycles. The van der Waals surface area contributed by atoms with Gasteiger partial charge in [0.25, 0.3) is 0 Å². The molecule has 0 aliphatic rings. The smallest absolute Gasteiger partial charge is 0.182 e. The van der Waals surface area contributed by atoms with Gasteiger partial charge in [-0.05, 0) is 31.5 Å². The van der Waals surface area contributed by atoms with E-state index in [9.17, 15) is 0 Å². The van der Waals surface area contributed by atoms with E-state index in [1.807, 2.05) is 56.2 Å². The highest BCUT2D eigenvalue weighted by Gasteiger charge is 2.16. The van der Waals surface area contributed by atoms with Gasteiger partial charge in [0.05, 0.1) is 23.8 Å². The highest BCUT2D eigenvalue weighted by atomic mass is 15.3. The summed E-state index contributed by atoms with van der Waals surface area (Å²) in [6.45, 7) is 5.44. The maximum Gasteiger partial charge on any atom is 0.182 e. The number of fused-ring (bicyclic) bond motifs is 1. The Bertz CT molecular complexity index is 1050. The Labute approximate surface area is 150 Å². The first-order chi connectivity index (χ1) is 12.6. The number of pyridine rings is 1. The Kier molecular flexibility index (Phi) is 4.08. The fraction of sp³-hybridized carbons (Fsp3) is 0.278. The largest absolute Gasteiger partial charge is 0.367 e. The molecule has 8 nitrogen and oxygen atoms in total. The summed E-state index contributed by atoms with van der Waals surface area (Å²) in [4.78, 5) is 13.7. The number of anilines is 1. The van der Waals surface area contributed by atoms with Crippen LogP contribution in [0.3, 0.4) is 0 Å². The van der Waals surface area contributed by atoms with Gasteiger partial charge in [-0.2, -0.15) is 10.2 Å². The van der Waals surface area contributed by atoms with Crippen molar-refractivity contribution in [2.75, 3.05) is 11.9 Å². The third kappa shape index (κ3) is 3.01. The van der Waals surface area contributed by atoms with Crippen molar-refractivity contribution in [2.24, 2.45) is 7.05 Å². The minimum Gasteiger partial charge on any atom is -0.367 e. The van der Waals surface area contributed by atoms with Crippen LogP contribution < -0.4 is 5.32 Å². The number of rotatable bonds is 5. The predicted molar refractivity (Wildman–Crippen MR) is 99.7 cm³/mol. The summed E-state index contributed by atoms with van der Waals surface area (Å²) in [7, 11) is 1.89. The van der Waals surface area contributed by atoms with Gasteiger partial charge in [-0.15, -0.1) is 0 Å². The second kappa shape index (κ2) is 6.55. The number of hydrogen-bond donors (Lipinski definition) is 1. The zero-order valence-corrected chi connectivity index (χ0v) is 15.0. The lowest BCUT2D eigenvalue weighted by Gasteiger charge is -2.09. The molecule has 132 valence electrons. The fourth-order valence-electron chi connectivity index (χ4n) is 2.95. The Morgan fingerprint density at radius 1 is 1.15 bits per heavy atom. The number of nitrogens with zero attached hydrogens (tertiary/aromatic N) is 7. The zero-order chi connectivity index (χ0) is 18.1. The summed E-state index contributed by atoms with van der Waals surface area (Å²) >= 11 is 0. The van der Waals surface area contributed by atoms with Gasteiger partial charge in [-0.1, -0.05) is 6.07 Å². The minimum absolute atomic E-state index is 0.582. The van der Waals surface area contributed by atoms with E-state index in [0.29, 0.717) is 12.4 Å². The van der Waals surface area contributed by atoms with Gasteiger partial charge in [0.15, 0.2) is 11.5 Å². The van der Waals surface area contributed by atoms with Gasteiger partial charge in [0, 0.05) is 26.0 Å². The van der Waals surface area contributed by atoms with Gasteiger partial charge in [0.2, 0.25) is 0 Å². The fourth-order valence-corrected chi connectivity index (χ4v) is 2.95. The summed E-state index contributed by atoms with van der Waals surface area (Å²) in [5.74, 6) is 1.35. The van der Waals surface area contributed by atoms with Crippen LogP contribution in [0.15, 0.2) is 36.8 Å². The predicted octanol–water partition coefficient (Wildman–Crippen LogP) is 2.35.